The van der Waals surface area contributed by atoms with Crippen LogP contribution in [0.2, 0.25) is 0 Å². The first kappa shape index (κ1) is 19.8. The molecule has 132 valence electrons. The van der Waals surface area contributed by atoms with Crippen LogP contribution in [0.25, 0.3) is 0 Å². The average molecular weight is 355 g/mol. The molecule has 0 spiro atoms. The Balaban J connectivity index is 2.44. The molecule has 0 saturated carbocycles. The highest BCUT2D eigenvalue weighted by atomic mass is 32.2. The lowest BCUT2D eigenvalue weighted by atomic mass is 10.1. The number of carbonyl (C=O) groups is 2. The SMILES string of the molecule is CC(N)=NCCSC[C@](C)(N)C(=O)OOC(=O)c1ccccc1O. The highest BCUT2D eigenvalue weighted by Crippen LogP contribution is 2.18. The zero-order valence-corrected chi connectivity index (χ0v) is 14.3. The fourth-order valence-electron chi connectivity index (χ4n) is 1.49. The molecule has 0 aromatic heterocycles. The van der Waals surface area contributed by atoms with Gasteiger partial charge in [0.2, 0.25) is 0 Å². The maximum Gasteiger partial charge on any atom is 0.390 e. The van der Waals surface area contributed by atoms with Crippen LogP contribution in [-0.2, 0) is 14.6 Å². The fourth-order valence-corrected chi connectivity index (χ4v) is 2.40. The van der Waals surface area contributed by atoms with E-state index in [4.69, 9.17) is 11.5 Å². The van der Waals surface area contributed by atoms with Gasteiger partial charge in [-0.05, 0) is 26.0 Å². The van der Waals surface area contributed by atoms with Crippen molar-refractivity contribution in [2.45, 2.75) is 19.4 Å². The maximum absolute atomic E-state index is 11.9. The Hall–Kier alpha value is -2.26. The molecular formula is C15H21N3O5S. The van der Waals surface area contributed by atoms with E-state index in [9.17, 15) is 14.7 Å². The summed E-state index contributed by atoms with van der Waals surface area (Å²) in [7, 11) is 0. The third-order valence-electron chi connectivity index (χ3n) is 2.78. The number of phenols is 1. The van der Waals surface area contributed by atoms with Crippen molar-refractivity contribution in [1.82, 2.24) is 0 Å². The topological polar surface area (TPSA) is 137 Å². The standard InChI is InChI=1S/C15H21N3O5S/c1-10(16)18-7-8-24-9-15(2,17)14(21)23-22-13(20)11-5-3-4-6-12(11)19/h3-6,19H,7-9,17H2,1-2H3,(H2,16,18)/t15-/m0/s1. The molecule has 1 aromatic carbocycles. The van der Waals surface area contributed by atoms with Crippen LogP contribution in [0, 0.1) is 0 Å². The Morgan fingerprint density at radius 2 is 2.00 bits per heavy atom. The molecule has 0 bridgehead atoms. The minimum absolute atomic E-state index is 0.117. The molecule has 0 aliphatic rings. The monoisotopic (exact) mass is 355 g/mol. The Kier molecular flexibility index (Phi) is 7.53. The molecule has 0 fully saturated rings. The minimum Gasteiger partial charge on any atom is -0.507 e. The third-order valence-corrected chi connectivity index (χ3v) is 4.06. The summed E-state index contributed by atoms with van der Waals surface area (Å²) < 4.78 is 0. The molecule has 0 aliphatic carbocycles. The van der Waals surface area contributed by atoms with Crippen molar-refractivity contribution in [1.29, 1.82) is 0 Å². The number of rotatable bonds is 7. The second-order valence-electron chi connectivity index (χ2n) is 5.25. The summed E-state index contributed by atoms with van der Waals surface area (Å²) in [5, 5.41) is 9.52. The molecule has 1 rings (SSSR count). The number of hydrogen-bond donors (Lipinski definition) is 3. The van der Waals surface area contributed by atoms with Gasteiger partial charge in [0.1, 0.15) is 16.9 Å². The van der Waals surface area contributed by atoms with Crippen molar-refractivity contribution in [2.24, 2.45) is 16.5 Å². The maximum atomic E-state index is 11.9. The van der Waals surface area contributed by atoms with Crippen LogP contribution in [0.3, 0.4) is 0 Å². The number of thioether (sulfide) groups is 1. The molecule has 8 nitrogen and oxygen atoms in total. The van der Waals surface area contributed by atoms with Gasteiger partial charge >= 0.3 is 11.9 Å². The molecule has 0 unspecified atom stereocenters. The number of benzene rings is 1. The second kappa shape index (κ2) is 9.14. The van der Waals surface area contributed by atoms with Gasteiger partial charge in [-0.1, -0.05) is 12.1 Å². The van der Waals surface area contributed by atoms with Gasteiger partial charge in [0.25, 0.3) is 0 Å². The van der Waals surface area contributed by atoms with Crippen LogP contribution < -0.4 is 11.5 Å². The number of nitrogens with two attached hydrogens (primary N) is 2. The molecule has 0 radical (unpaired) electrons. The van der Waals surface area contributed by atoms with Crippen molar-refractivity contribution in [3.8, 4) is 5.75 Å². The molecule has 24 heavy (non-hydrogen) atoms. The van der Waals surface area contributed by atoms with E-state index in [-0.39, 0.29) is 17.1 Å². The van der Waals surface area contributed by atoms with Crippen LogP contribution in [0.4, 0.5) is 0 Å². The van der Waals surface area contributed by atoms with E-state index in [0.717, 1.165) is 0 Å². The number of nitrogens with zero attached hydrogens (tertiary/aromatic N) is 1. The second-order valence-corrected chi connectivity index (χ2v) is 6.36. The predicted octanol–water partition coefficient (Wildman–Crippen LogP) is 0.835. The summed E-state index contributed by atoms with van der Waals surface area (Å²) in [4.78, 5) is 36.6. The van der Waals surface area contributed by atoms with Crippen molar-refractivity contribution >= 4 is 29.5 Å². The van der Waals surface area contributed by atoms with Gasteiger partial charge in [0, 0.05) is 18.1 Å². The van der Waals surface area contributed by atoms with E-state index in [1.807, 2.05) is 0 Å². The number of para-hydroxylation sites is 1. The third kappa shape index (κ3) is 6.47. The Morgan fingerprint density at radius 3 is 2.62 bits per heavy atom. The highest BCUT2D eigenvalue weighted by molar-refractivity contribution is 7.99. The van der Waals surface area contributed by atoms with E-state index in [0.29, 0.717) is 18.1 Å². The fraction of sp³-hybridized carbons (Fsp3) is 0.400. The average Bonchev–Trinajstić information content (AvgIpc) is 2.51. The van der Waals surface area contributed by atoms with Crippen LogP contribution in [-0.4, -0.2) is 46.5 Å². The van der Waals surface area contributed by atoms with Gasteiger partial charge in [0.05, 0.1) is 5.84 Å². The molecule has 0 amide bonds. The predicted molar refractivity (Wildman–Crippen MR) is 91.7 cm³/mol. The zero-order chi connectivity index (χ0) is 18.2. The summed E-state index contributed by atoms with van der Waals surface area (Å²) in [6, 6.07) is 5.73. The number of aromatic hydroxyl groups is 1. The van der Waals surface area contributed by atoms with Gasteiger partial charge in [-0.25, -0.2) is 19.4 Å². The van der Waals surface area contributed by atoms with E-state index in [2.05, 4.69) is 14.8 Å². The Morgan fingerprint density at radius 1 is 1.33 bits per heavy atom. The van der Waals surface area contributed by atoms with Crippen LogP contribution >= 0.6 is 11.8 Å². The van der Waals surface area contributed by atoms with E-state index >= 15 is 0 Å². The molecule has 9 heteroatoms. The van der Waals surface area contributed by atoms with Gasteiger partial charge < -0.3 is 16.6 Å². The molecular weight excluding hydrogens is 334 g/mol. The summed E-state index contributed by atoms with van der Waals surface area (Å²) in [5.41, 5.74) is 9.81. The largest absolute Gasteiger partial charge is 0.507 e. The molecule has 0 saturated heterocycles. The van der Waals surface area contributed by atoms with E-state index in [1.54, 1.807) is 13.0 Å². The summed E-state index contributed by atoms with van der Waals surface area (Å²) in [6.07, 6.45) is 0. The molecule has 5 N–H and O–H groups in total. The normalized spacial score (nSPS) is 13.9. The van der Waals surface area contributed by atoms with Crippen molar-refractivity contribution in [3.05, 3.63) is 29.8 Å². The lowest BCUT2D eigenvalue weighted by Gasteiger charge is -2.20. The zero-order valence-electron chi connectivity index (χ0n) is 13.5. The molecule has 0 aliphatic heterocycles. The quantitative estimate of drug-likeness (QED) is 0.215. The number of aliphatic imine (C=N–C) groups is 1. The van der Waals surface area contributed by atoms with Gasteiger partial charge in [-0.2, -0.15) is 11.8 Å². The number of phenolic OH excluding ortho intramolecular Hbond substituents is 1. The van der Waals surface area contributed by atoms with Gasteiger partial charge in [-0.3, -0.25) is 4.99 Å². The summed E-state index contributed by atoms with van der Waals surface area (Å²) >= 11 is 1.39. The van der Waals surface area contributed by atoms with Gasteiger partial charge in [-0.15, -0.1) is 0 Å². The number of amidine groups is 1. The molecule has 1 aromatic rings. The van der Waals surface area contributed by atoms with Crippen molar-refractivity contribution in [2.75, 3.05) is 18.1 Å². The molecule has 0 heterocycles. The van der Waals surface area contributed by atoms with Crippen LogP contribution in [0.15, 0.2) is 29.3 Å². The lowest BCUT2D eigenvalue weighted by molar-refractivity contribution is -0.238. The first-order chi connectivity index (χ1) is 11.2. The number of hydrogen-bond acceptors (Lipinski definition) is 8. The molecule has 1 atom stereocenters. The highest BCUT2D eigenvalue weighted by Gasteiger charge is 2.32. The first-order valence-electron chi connectivity index (χ1n) is 7.08. The van der Waals surface area contributed by atoms with Crippen LogP contribution in [0.1, 0.15) is 24.2 Å². The van der Waals surface area contributed by atoms with E-state index < -0.39 is 17.5 Å². The van der Waals surface area contributed by atoms with Gasteiger partial charge in [0.15, 0.2) is 0 Å². The smallest absolute Gasteiger partial charge is 0.390 e. The van der Waals surface area contributed by atoms with Crippen molar-refractivity contribution in [3.63, 3.8) is 0 Å². The van der Waals surface area contributed by atoms with Crippen LogP contribution in [0.5, 0.6) is 5.75 Å². The Labute approximate surface area is 144 Å². The Bertz CT molecular complexity index is 615. The lowest BCUT2D eigenvalue weighted by Crippen LogP contribution is -2.48. The summed E-state index contributed by atoms with van der Waals surface area (Å²) in [5.74, 6) is -0.789. The van der Waals surface area contributed by atoms with Crippen molar-refractivity contribution < 1.29 is 24.5 Å². The number of carbonyl (C=O) groups excluding carboxylic acids is 2. The van der Waals surface area contributed by atoms with E-state index in [1.165, 1.54) is 36.9 Å². The summed E-state index contributed by atoms with van der Waals surface area (Å²) in [6.45, 7) is 3.67. The minimum atomic E-state index is -1.34. The first-order valence-corrected chi connectivity index (χ1v) is 8.24.